The normalized spacial score (nSPS) is 12.5. The van der Waals surface area contributed by atoms with Gasteiger partial charge in [0.15, 0.2) is 0 Å². The van der Waals surface area contributed by atoms with E-state index in [-0.39, 0.29) is 0 Å². The van der Waals surface area contributed by atoms with Gasteiger partial charge in [0.05, 0.1) is 0 Å². The molecule has 0 spiro atoms. The molecular formula is C18H44N6. The highest BCUT2D eigenvalue weighted by Gasteiger charge is 2.06. The van der Waals surface area contributed by atoms with E-state index in [9.17, 15) is 0 Å². The Labute approximate surface area is 151 Å². The van der Waals surface area contributed by atoms with Crippen molar-refractivity contribution in [2.24, 2.45) is 0 Å². The van der Waals surface area contributed by atoms with Crippen LogP contribution in [-0.2, 0) is 0 Å². The summed E-state index contributed by atoms with van der Waals surface area (Å²) in [4.78, 5) is 12.1. The fourth-order valence-corrected chi connectivity index (χ4v) is 2.27. The van der Waals surface area contributed by atoms with Crippen molar-refractivity contribution in [3.63, 3.8) is 0 Å². The Morgan fingerprint density at radius 2 is 0.792 bits per heavy atom. The molecule has 0 saturated carbocycles. The van der Waals surface area contributed by atoms with Gasteiger partial charge in [-0.05, 0) is 48.8 Å². The lowest BCUT2D eigenvalue weighted by Gasteiger charge is -2.26. The molecule has 0 saturated heterocycles. The second-order valence-corrected chi connectivity index (χ2v) is 7.21. The van der Waals surface area contributed by atoms with Crippen molar-refractivity contribution < 1.29 is 0 Å². The molecule has 0 aromatic carbocycles. The van der Waals surface area contributed by atoms with E-state index >= 15 is 0 Å². The maximum absolute atomic E-state index is 3.20. The third-order valence-corrected chi connectivity index (χ3v) is 4.74. The molecule has 0 radical (unpaired) electrons. The molecule has 1 N–H and O–H groups in total. The summed E-state index contributed by atoms with van der Waals surface area (Å²) in [5.74, 6) is 0. The van der Waals surface area contributed by atoms with Crippen LogP contribution in [0, 0.1) is 0 Å². The lowest BCUT2D eigenvalue weighted by molar-refractivity contribution is 0.203. The average Bonchev–Trinajstić information content (AvgIpc) is 2.58. The monoisotopic (exact) mass is 344 g/mol. The van der Waals surface area contributed by atoms with E-state index < -0.39 is 0 Å². The molecule has 0 amide bonds. The van der Waals surface area contributed by atoms with Crippen molar-refractivity contribution in [2.45, 2.75) is 6.92 Å². The molecule has 0 aliphatic rings. The van der Waals surface area contributed by atoms with E-state index in [1.165, 1.54) is 0 Å². The molecule has 0 aliphatic carbocycles. The standard InChI is InChI=1S/C18H44N6/c1-8-20(3)11-12-22(5)15-16-24(7)18-17-23(6)14-13-21(4)10-9-19-2/h19H,8-18H2,1-7H3. The van der Waals surface area contributed by atoms with E-state index in [0.717, 1.165) is 72.0 Å². The molecule has 0 bridgehead atoms. The highest BCUT2D eigenvalue weighted by molar-refractivity contribution is 4.63. The predicted molar refractivity (Wildman–Crippen MR) is 107 cm³/mol. The van der Waals surface area contributed by atoms with E-state index in [0.29, 0.717) is 0 Å². The van der Waals surface area contributed by atoms with Crippen LogP contribution in [-0.4, -0.2) is 139 Å². The fourth-order valence-electron chi connectivity index (χ4n) is 2.27. The van der Waals surface area contributed by atoms with Gasteiger partial charge in [0.2, 0.25) is 0 Å². The van der Waals surface area contributed by atoms with E-state index in [1.807, 2.05) is 7.05 Å². The summed E-state index contributed by atoms with van der Waals surface area (Å²) in [6, 6.07) is 0. The van der Waals surface area contributed by atoms with Crippen LogP contribution < -0.4 is 5.32 Å². The Morgan fingerprint density at radius 1 is 0.500 bits per heavy atom. The first-order valence-corrected chi connectivity index (χ1v) is 9.46. The van der Waals surface area contributed by atoms with Crippen LogP contribution in [0.5, 0.6) is 0 Å². The molecule has 0 unspecified atom stereocenters. The fraction of sp³-hybridized carbons (Fsp3) is 1.00. The van der Waals surface area contributed by atoms with Crippen LogP contribution in [0.25, 0.3) is 0 Å². The van der Waals surface area contributed by atoms with Crippen LogP contribution in [0.2, 0.25) is 0 Å². The Kier molecular flexibility index (Phi) is 14.9. The average molecular weight is 345 g/mol. The molecule has 0 fully saturated rings. The molecular weight excluding hydrogens is 300 g/mol. The van der Waals surface area contributed by atoms with Crippen molar-refractivity contribution >= 4 is 0 Å². The summed E-state index contributed by atoms with van der Waals surface area (Å²) >= 11 is 0. The topological polar surface area (TPSA) is 28.2 Å². The zero-order valence-electron chi connectivity index (χ0n) is 17.5. The van der Waals surface area contributed by atoms with E-state index in [2.05, 4.69) is 72.0 Å². The van der Waals surface area contributed by atoms with Crippen molar-refractivity contribution in [1.29, 1.82) is 0 Å². The van der Waals surface area contributed by atoms with Crippen LogP contribution in [0.15, 0.2) is 0 Å². The second kappa shape index (κ2) is 15.0. The molecule has 6 heteroatoms. The molecule has 0 atom stereocenters. The summed E-state index contributed by atoms with van der Waals surface area (Å²) in [6.07, 6.45) is 0. The van der Waals surface area contributed by atoms with E-state index in [4.69, 9.17) is 0 Å². The van der Waals surface area contributed by atoms with Crippen molar-refractivity contribution in [3.8, 4) is 0 Å². The number of nitrogens with one attached hydrogen (secondary N) is 1. The number of likely N-dealkylation sites (N-methyl/N-ethyl adjacent to an activating group) is 6. The van der Waals surface area contributed by atoms with Crippen LogP contribution in [0.4, 0.5) is 0 Å². The Bertz CT molecular complexity index is 276. The largest absolute Gasteiger partial charge is 0.318 e. The van der Waals surface area contributed by atoms with Gasteiger partial charge in [-0.25, -0.2) is 0 Å². The molecule has 0 aromatic rings. The first-order valence-electron chi connectivity index (χ1n) is 9.46. The van der Waals surface area contributed by atoms with Crippen LogP contribution in [0.1, 0.15) is 6.92 Å². The molecule has 0 aromatic heterocycles. The number of hydrogen-bond acceptors (Lipinski definition) is 6. The Hall–Kier alpha value is -0.240. The van der Waals surface area contributed by atoms with Crippen molar-refractivity contribution in [3.05, 3.63) is 0 Å². The summed E-state index contributed by atoms with van der Waals surface area (Å²) in [5, 5.41) is 3.20. The minimum Gasteiger partial charge on any atom is -0.318 e. The summed E-state index contributed by atoms with van der Waals surface area (Å²) in [7, 11) is 13.1. The van der Waals surface area contributed by atoms with Gasteiger partial charge in [-0.1, -0.05) is 6.92 Å². The third-order valence-electron chi connectivity index (χ3n) is 4.74. The minimum atomic E-state index is 1.06. The van der Waals surface area contributed by atoms with Crippen molar-refractivity contribution in [1.82, 2.24) is 29.8 Å². The number of hydrogen-bond donors (Lipinski definition) is 1. The quantitative estimate of drug-likeness (QED) is 0.420. The van der Waals surface area contributed by atoms with Gasteiger partial charge in [-0.15, -0.1) is 0 Å². The van der Waals surface area contributed by atoms with Gasteiger partial charge in [0.1, 0.15) is 0 Å². The molecule has 6 nitrogen and oxygen atoms in total. The summed E-state index contributed by atoms with van der Waals surface area (Å²) in [5.41, 5.74) is 0. The summed E-state index contributed by atoms with van der Waals surface area (Å²) < 4.78 is 0. The minimum absolute atomic E-state index is 1.06. The first-order chi connectivity index (χ1) is 11.4. The highest BCUT2D eigenvalue weighted by atomic mass is 15.2. The van der Waals surface area contributed by atoms with Gasteiger partial charge in [-0.2, -0.15) is 0 Å². The maximum Gasteiger partial charge on any atom is 0.0107 e. The van der Waals surface area contributed by atoms with E-state index in [1.54, 1.807) is 0 Å². The molecule has 0 heterocycles. The lowest BCUT2D eigenvalue weighted by Crippen LogP contribution is -2.39. The zero-order chi connectivity index (χ0) is 18.4. The first kappa shape index (κ1) is 23.8. The second-order valence-electron chi connectivity index (χ2n) is 7.21. The highest BCUT2D eigenvalue weighted by Crippen LogP contribution is 1.92. The maximum atomic E-state index is 3.20. The van der Waals surface area contributed by atoms with Crippen LogP contribution in [0.3, 0.4) is 0 Å². The smallest absolute Gasteiger partial charge is 0.0107 e. The van der Waals surface area contributed by atoms with Gasteiger partial charge in [0.25, 0.3) is 0 Å². The number of rotatable bonds is 16. The predicted octanol–water partition coefficient (Wildman–Crippen LogP) is -0.115. The van der Waals surface area contributed by atoms with Crippen molar-refractivity contribution in [2.75, 3.05) is 114 Å². The lowest BCUT2D eigenvalue weighted by atomic mass is 10.4. The number of nitrogens with zero attached hydrogens (tertiary/aromatic N) is 5. The third kappa shape index (κ3) is 14.1. The zero-order valence-corrected chi connectivity index (χ0v) is 17.5. The van der Waals surface area contributed by atoms with Gasteiger partial charge >= 0.3 is 0 Å². The SMILES string of the molecule is CCN(C)CCN(C)CCN(C)CCN(C)CCN(C)CCNC. The van der Waals surface area contributed by atoms with Crippen LogP contribution >= 0.6 is 0 Å². The van der Waals surface area contributed by atoms with Gasteiger partial charge in [-0.3, -0.25) is 0 Å². The Balaban J connectivity index is 3.67. The summed E-state index contributed by atoms with van der Waals surface area (Å²) in [6.45, 7) is 14.6. The molecule has 0 rings (SSSR count). The Morgan fingerprint density at radius 3 is 1.08 bits per heavy atom. The molecule has 0 aliphatic heterocycles. The molecule has 24 heavy (non-hydrogen) atoms. The van der Waals surface area contributed by atoms with Gasteiger partial charge in [0, 0.05) is 65.4 Å². The van der Waals surface area contributed by atoms with Gasteiger partial charge < -0.3 is 29.8 Å². The molecule has 146 valence electrons.